The molecule has 1 aromatic rings. The van der Waals surface area contributed by atoms with Gasteiger partial charge in [0, 0.05) is 32.2 Å². The molecule has 144 valence electrons. The van der Waals surface area contributed by atoms with Gasteiger partial charge in [-0.2, -0.15) is 4.31 Å². The number of nitrogens with one attached hydrogen (secondary N) is 1. The number of carbonyl (C=O) groups is 1. The molecule has 2 amide bonds. The molecule has 1 aromatic carbocycles. The fourth-order valence-electron chi connectivity index (χ4n) is 3.97. The van der Waals surface area contributed by atoms with Crippen LogP contribution in [0.5, 0.6) is 0 Å². The first-order valence-electron chi connectivity index (χ1n) is 9.42. The Bertz CT molecular complexity index is 770. The summed E-state index contributed by atoms with van der Waals surface area (Å²) in [5.41, 5.74) is 1.81. The van der Waals surface area contributed by atoms with Gasteiger partial charge >= 0.3 is 6.03 Å². The Morgan fingerprint density at radius 3 is 2.38 bits per heavy atom. The number of hydrogen-bond donors (Lipinski definition) is 1. The van der Waals surface area contributed by atoms with E-state index in [1.165, 1.54) is 4.31 Å². The number of hydrogen-bond acceptors (Lipinski definition) is 3. The van der Waals surface area contributed by atoms with Crippen molar-refractivity contribution in [3.63, 3.8) is 0 Å². The minimum Gasteiger partial charge on any atom is -0.335 e. The predicted octanol–water partition coefficient (Wildman–Crippen LogP) is 2.51. The van der Waals surface area contributed by atoms with Crippen molar-refractivity contribution in [2.45, 2.75) is 51.0 Å². The second-order valence-corrected chi connectivity index (χ2v) is 9.53. The summed E-state index contributed by atoms with van der Waals surface area (Å²) in [6.07, 6.45) is 3.36. The van der Waals surface area contributed by atoms with Gasteiger partial charge in [-0.1, -0.05) is 31.0 Å². The Kier molecular flexibility index (Phi) is 5.58. The quantitative estimate of drug-likeness (QED) is 0.877. The van der Waals surface area contributed by atoms with Crippen molar-refractivity contribution < 1.29 is 13.2 Å². The number of amides is 2. The fourth-order valence-corrected chi connectivity index (χ4v) is 5.60. The van der Waals surface area contributed by atoms with Gasteiger partial charge in [0.05, 0.1) is 4.90 Å². The molecule has 1 N–H and O–H groups in total. The number of sulfonamides is 1. The molecule has 0 aromatic heterocycles. The molecule has 1 heterocycles. The molecule has 1 saturated carbocycles. The van der Waals surface area contributed by atoms with Gasteiger partial charge in [-0.15, -0.1) is 0 Å². The van der Waals surface area contributed by atoms with Crippen LogP contribution in [-0.4, -0.2) is 55.9 Å². The number of nitrogens with zero attached hydrogens (tertiary/aromatic N) is 2. The van der Waals surface area contributed by atoms with Crippen LogP contribution in [0.25, 0.3) is 0 Å². The van der Waals surface area contributed by atoms with E-state index in [0.29, 0.717) is 37.0 Å². The van der Waals surface area contributed by atoms with Gasteiger partial charge < -0.3 is 10.2 Å². The highest BCUT2D eigenvalue weighted by Crippen LogP contribution is 2.25. The van der Waals surface area contributed by atoms with Crippen LogP contribution in [0.2, 0.25) is 0 Å². The zero-order valence-corrected chi connectivity index (χ0v) is 16.7. The Labute approximate surface area is 156 Å². The highest BCUT2D eigenvalue weighted by Gasteiger charge is 2.32. The number of piperazine rings is 1. The van der Waals surface area contributed by atoms with Crippen molar-refractivity contribution in [3.8, 4) is 0 Å². The lowest BCUT2D eigenvalue weighted by atomic mass is 10.1. The molecule has 0 radical (unpaired) electrons. The number of benzene rings is 1. The zero-order chi connectivity index (χ0) is 18.9. The predicted molar refractivity (Wildman–Crippen MR) is 102 cm³/mol. The van der Waals surface area contributed by atoms with Gasteiger partial charge in [-0.3, -0.25) is 0 Å². The molecule has 6 nitrogen and oxygen atoms in total. The van der Waals surface area contributed by atoms with E-state index in [1.54, 1.807) is 11.0 Å². The second-order valence-electron chi connectivity index (χ2n) is 7.62. The van der Waals surface area contributed by atoms with Gasteiger partial charge in [0.2, 0.25) is 10.0 Å². The average Bonchev–Trinajstić information content (AvgIpc) is 2.99. The van der Waals surface area contributed by atoms with Gasteiger partial charge in [0.25, 0.3) is 0 Å². The third-order valence-electron chi connectivity index (χ3n) is 5.64. The molecule has 1 saturated heterocycles. The Balaban J connectivity index is 1.61. The van der Waals surface area contributed by atoms with Gasteiger partial charge in [-0.05, 0) is 44.2 Å². The van der Waals surface area contributed by atoms with Gasteiger partial charge in [-0.25, -0.2) is 13.2 Å². The molecule has 7 heteroatoms. The largest absolute Gasteiger partial charge is 0.335 e. The maximum atomic E-state index is 12.9. The Morgan fingerprint density at radius 2 is 1.81 bits per heavy atom. The molecule has 2 unspecified atom stereocenters. The lowest BCUT2D eigenvalue weighted by molar-refractivity contribution is 0.167. The van der Waals surface area contributed by atoms with Crippen molar-refractivity contribution in [1.82, 2.24) is 14.5 Å². The molecular formula is C19H29N3O3S. The van der Waals surface area contributed by atoms with Crippen molar-refractivity contribution in [2.24, 2.45) is 5.92 Å². The van der Waals surface area contributed by atoms with Crippen LogP contribution in [0.15, 0.2) is 23.1 Å². The maximum absolute atomic E-state index is 12.9. The van der Waals surface area contributed by atoms with E-state index in [1.807, 2.05) is 26.0 Å². The van der Waals surface area contributed by atoms with Crippen LogP contribution in [0.3, 0.4) is 0 Å². The van der Waals surface area contributed by atoms with Crippen LogP contribution >= 0.6 is 0 Å². The third-order valence-corrected chi connectivity index (χ3v) is 7.70. The summed E-state index contributed by atoms with van der Waals surface area (Å²) in [5, 5.41) is 3.12. The number of rotatable bonds is 3. The lowest BCUT2D eigenvalue weighted by Gasteiger charge is -2.35. The fraction of sp³-hybridized carbons (Fsp3) is 0.632. The highest BCUT2D eigenvalue weighted by molar-refractivity contribution is 7.89. The van der Waals surface area contributed by atoms with Crippen molar-refractivity contribution >= 4 is 16.1 Å². The topological polar surface area (TPSA) is 69.7 Å². The van der Waals surface area contributed by atoms with Gasteiger partial charge in [0.1, 0.15) is 0 Å². The zero-order valence-electron chi connectivity index (χ0n) is 15.9. The van der Waals surface area contributed by atoms with E-state index in [-0.39, 0.29) is 12.1 Å². The third kappa shape index (κ3) is 3.88. The number of aryl methyl sites for hydroxylation is 2. The van der Waals surface area contributed by atoms with E-state index >= 15 is 0 Å². The van der Waals surface area contributed by atoms with Gasteiger partial charge in [0.15, 0.2) is 0 Å². The summed E-state index contributed by atoms with van der Waals surface area (Å²) in [5.74, 6) is 0.519. The van der Waals surface area contributed by atoms with Crippen LogP contribution in [0.1, 0.15) is 37.3 Å². The van der Waals surface area contributed by atoms with Crippen LogP contribution in [0.4, 0.5) is 4.79 Å². The van der Waals surface area contributed by atoms with Crippen LogP contribution in [-0.2, 0) is 10.0 Å². The molecule has 2 aliphatic rings. The first kappa shape index (κ1) is 19.2. The summed E-state index contributed by atoms with van der Waals surface area (Å²) >= 11 is 0. The first-order valence-corrected chi connectivity index (χ1v) is 10.9. The smallest absolute Gasteiger partial charge is 0.317 e. The molecule has 26 heavy (non-hydrogen) atoms. The average molecular weight is 380 g/mol. The van der Waals surface area contributed by atoms with Crippen molar-refractivity contribution in [2.75, 3.05) is 26.2 Å². The SMILES string of the molecule is Cc1ccc(S(=O)(=O)N2CCN(C(=O)NC3CCCC3C)CC2)c(C)c1. The number of carbonyl (C=O) groups excluding carboxylic acids is 1. The lowest BCUT2D eigenvalue weighted by Crippen LogP contribution is -2.54. The van der Waals surface area contributed by atoms with Crippen molar-refractivity contribution in [1.29, 1.82) is 0 Å². The normalized spacial score (nSPS) is 24.7. The molecule has 1 aliphatic heterocycles. The molecule has 2 fully saturated rings. The molecular weight excluding hydrogens is 350 g/mol. The van der Waals surface area contributed by atoms with Crippen LogP contribution < -0.4 is 5.32 Å². The van der Waals surface area contributed by atoms with E-state index in [9.17, 15) is 13.2 Å². The molecule has 2 atom stereocenters. The molecule has 3 rings (SSSR count). The molecule has 1 aliphatic carbocycles. The highest BCUT2D eigenvalue weighted by atomic mass is 32.2. The van der Waals surface area contributed by atoms with Crippen molar-refractivity contribution in [3.05, 3.63) is 29.3 Å². The summed E-state index contributed by atoms with van der Waals surface area (Å²) in [6.45, 7) is 7.48. The van der Waals surface area contributed by atoms with E-state index in [0.717, 1.165) is 30.4 Å². The minimum atomic E-state index is -3.51. The summed E-state index contributed by atoms with van der Waals surface area (Å²) < 4.78 is 27.3. The molecule has 0 spiro atoms. The Morgan fingerprint density at radius 1 is 1.12 bits per heavy atom. The maximum Gasteiger partial charge on any atom is 0.317 e. The van der Waals surface area contributed by atoms with E-state index < -0.39 is 10.0 Å². The summed E-state index contributed by atoms with van der Waals surface area (Å²) in [4.78, 5) is 14.6. The summed E-state index contributed by atoms with van der Waals surface area (Å²) in [7, 11) is -3.51. The minimum absolute atomic E-state index is 0.0627. The molecule has 0 bridgehead atoms. The monoisotopic (exact) mass is 379 g/mol. The standard InChI is InChI=1S/C19H29N3O3S/c1-14-7-8-18(16(3)13-14)26(24,25)22-11-9-21(10-12-22)19(23)20-17-6-4-5-15(17)2/h7-8,13,15,17H,4-6,9-12H2,1-3H3,(H,20,23). The van der Waals surface area contributed by atoms with E-state index in [4.69, 9.17) is 0 Å². The second kappa shape index (κ2) is 7.56. The Hall–Kier alpha value is -1.60. The van der Waals surface area contributed by atoms with Crippen LogP contribution in [0, 0.1) is 19.8 Å². The first-order chi connectivity index (χ1) is 12.3. The number of urea groups is 1. The summed E-state index contributed by atoms with van der Waals surface area (Å²) in [6, 6.07) is 5.58. The van der Waals surface area contributed by atoms with E-state index in [2.05, 4.69) is 12.2 Å².